The number of benzene rings is 1. The van der Waals surface area contributed by atoms with Gasteiger partial charge in [-0.2, -0.15) is 0 Å². The number of thioether (sulfide) groups is 1. The first-order valence-corrected chi connectivity index (χ1v) is 9.08. The maximum atomic E-state index is 12.4. The Balaban J connectivity index is 2.17. The molecule has 1 unspecified atom stereocenters. The average Bonchev–Trinajstić information content (AvgIpc) is 2.86. The zero-order chi connectivity index (χ0) is 14.8. The molecule has 2 rings (SSSR count). The van der Waals surface area contributed by atoms with E-state index in [0.717, 1.165) is 25.1 Å². The van der Waals surface area contributed by atoms with E-state index < -0.39 is 10.0 Å². The normalized spacial score (nSPS) is 19.3. The van der Waals surface area contributed by atoms with Crippen LogP contribution in [0.25, 0.3) is 0 Å². The van der Waals surface area contributed by atoms with Gasteiger partial charge in [-0.15, -0.1) is 11.8 Å². The first kappa shape index (κ1) is 15.3. The van der Waals surface area contributed by atoms with Crippen LogP contribution in [0.1, 0.15) is 30.1 Å². The molecule has 1 aliphatic heterocycles. The van der Waals surface area contributed by atoms with Crippen molar-refractivity contribution in [2.45, 2.75) is 30.0 Å². The Kier molecular flexibility index (Phi) is 4.72. The summed E-state index contributed by atoms with van der Waals surface area (Å²) in [4.78, 5) is 14.3. The van der Waals surface area contributed by atoms with Gasteiger partial charge in [-0.25, -0.2) is 13.6 Å². The highest BCUT2D eigenvalue weighted by atomic mass is 32.2. The van der Waals surface area contributed by atoms with Crippen LogP contribution in [-0.4, -0.2) is 36.9 Å². The molecule has 1 aromatic carbocycles. The van der Waals surface area contributed by atoms with E-state index in [4.69, 9.17) is 5.14 Å². The molecule has 1 fully saturated rings. The summed E-state index contributed by atoms with van der Waals surface area (Å²) in [6.45, 7) is 2.84. The average molecular weight is 314 g/mol. The van der Waals surface area contributed by atoms with Gasteiger partial charge in [0.05, 0.1) is 10.3 Å². The summed E-state index contributed by atoms with van der Waals surface area (Å²) in [7, 11) is -3.71. The van der Waals surface area contributed by atoms with Crippen LogP contribution in [-0.2, 0) is 10.0 Å². The molecule has 0 saturated carbocycles. The molecule has 0 spiro atoms. The summed E-state index contributed by atoms with van der Waals surface area (Å²) in [5.41, 5.74) is 0.501. The fourth-order valence-electron chi connectivity index (χ4n) is 2.19. The van der Waals surface area contributed by atoms with Crippen molar-refractivity contribution in [2.24, 2.45) is 5.14 Å². The number of primary sulfonamides is 1. The third kappa shape index (κ3) is 3.34. The van der Waals surface area contributed by atoms with Crippen LogP contribution < -0.4 is 5.14 Å². The smallest absolute Gasteiger partial charge is 0.254 e. The molecule has 0 radical (unpaired) electrons. The number of hydrogen-bond acceptors (Lipinski definition) is 4. The van der Waals surface area contributed by atoms with Crippen molar-refractivity contribution >= 4 is 27.7 Å². The molecule has 1 saturated heterocycles. The molecule has 0 aromatic heterocycles. The summed E-state index contributed by atoms with van der Waals surface area (Å²) < 4.78 is 22.4. The van der Waals surface area contributed by atoms with E-state index in [1.165, 1.54) is 24.3 Å². The number of hydrogen-bond donors (Lipinski definition) is 1. The van der Waals surface area contributed by atoms with Gasteiger partial charge in [0.25, 0.3) is 5.91 Å². The van der Waals surface area contributed by atoms with E-state index in [9.17, 15) is 13.2 Å². The maximum Gasteiger partial charge on any atom is 0.254 e. The second-order valence-corrected chi connectivity index (χ2v) is 7.53. The fraction of sp³-hybridized carbons (Fsp3) is 0.462. The van der Waals surface area contributed by atoms with Crippen LogP contribution in [0.15, 0.2) is 29.2 Å². The number of sulfonamides is 1. The Bertz CT molecular complexity index is 584. The lowest BCUT2D eigenvalue weighted by molar-refractivity contribution is 0.0756. The molecule has 0 aliphatic carbocycles. The lowest BCUT2D eigenvalue weighted by atomic mass is 10.2. The van der Waals surface area contributed by atoms with Crippen molar-refractivity contribution in [2.75, 3.05) is 12.3 Å². The molecule has 5 nitrogen and oxygen atoms in total. The van der Waals surface area contributed by atoms with Gasteiger partial charge in [-0.05, 0) is 30.7 Å². The van der Waals surface area contributed by atoms with Gasteiger partial charge in [0.2, 0.25) is 10.0 Å². The third-order valence-corrected chi connectivity index (χ3v) is 5.44. The minimum atomic E-state index is -3.71. The van der Waals surface area contributed by atoms with Gasteiger partial charge in [-0.3, -0.25) is 4.79 Å². The Morgan fingerprint density at radius 1 is 1.40 bits per heavy atom. The Morgan fingerprint density at radius 2 is 2.05 bits per heavy atom. The first-order valence-electron chi connectivity index (χ1n) is 6.49. The van der Waals surface area contributed by atoms with Crippen LogP contribution in [0.4, 0.5) is 0 Å². The van der Waals surface area contributed by atoms with Crippen molar-refractivity contribution in [3.8, 4) is 0 Å². The zero-order valence-electron chi connectivity index (χ0n) is 11.3. The first-order chi connectivity index (χ1) is 9.43. The highest BCUT2D eigenvalue weighted by molar-refractivity contribution is 8.00. The molecular formula is C13H18N2O3S2. The summed E-state index contributed by atoms with van der Waals surface area (Å²) in [6.07, 6.45) is 2.01. The van der Waals surface area contributed by atoms with Crippen molar-refractivity contribution < 1.29 is 13.2 Å². The fourth-order valence-corrected chi connectivity index (χ4v) is 4.07. The predicted octanol–water partition coefficient (Wildman–Crippen LogP) is 1.65. The molecule has 1 amide bonds. The van der Waals surface area contributed by atoms with E-state index in [0.29, 0.717) is 5.56 Å². The van der Waals surface area contributed by atoms with Gasteiger partial charge in [0.1, 0.15) is 0 Å². The topological polar surface area (TPSA) is 80.5 Å². The number of nitrogens with two attached hydrogens (primary N) is 1. The SMILES string of the molecule is CCCC1SCCN1C(=O)c1ccc(S(N)(=O)=O)cc1. The Hall–Kier alpha value is -1.05. The quantitative estimate of drug-likeness (QED) is 0.916. The number of amides is 1. The van der Waals surface area contributed by atoms with Gasteiger partial charge in [-0.1, -0.05) is 13.3 Å². The van der Waals surface area contributed by atoms with E-state index in [1.807, 2.05) is 4.90 Å². The molecule has 7 heteroatoms. The Labute approximate surface area is 123 Å². The summed E-state index contributed by atoms with van der Waals surface area (Å²) in [5, 5.41) is 5.27. The Morgan fingerprint density at radius 3 is 2.60 bits per heavy atom. The van der Waals surface area contributed by atoms with E-state index in [2.05, 4.69) is 6.92 Å². The third-order valence-electron chi connectivity index (χ3n) is 3.22. The largest absolute Gasteiger partial charge is 0.326 e. The van der Waals surface area contributed by atoms with Gasteiger partial charge in [0, 0.05) is 17.9 Å². The molecule has 1 atom stereocenters. The van der Waals surface area contributed by atoms with E-state index in [1.54, 1.807) is 11.8 Å². The maximum absolute atomic E-state index is 12.4. The predicted molar refractivity (Wildman–Crippen MR) is 80.0 cm³/mol. The summed E-state index contributed by atoms with van der Waals surface area (Å²) in [6, 6.07) is 5.79. The number of carbonyl (C=O) groups is 1. The highest BCUT2D eigenvalue weighted by Crippen LogP contribution is 2.28. The second-order valence-electron chi connectivity index (χ2n) is 4.68. The molecule has 2 N–H and O–H groups in total. The van der Waals surface area contributed by atoms with E-state index in [-0.39, 0.29) is 16.2 Å². The minimum absolute atomic E-state index is 0.0231. The van der Waals surface area contributed by atoms with Crippen molar-refractivity contribution in [1.82, 2.24) is 4.90 Å². The molecule has 20 heavy (non-hydrogen) atoms. The van der Waals surface area contributed by atoms with Crippen LogP contribution in [0.2, 0.25) is 0 Å². The van der Waals surface area contributed by atoms with Crippen molar-refractivity contribution in [3.63, 3.8) is 0 Å². The molecule has 1 aliphatic rings. The van der Waals surface area contributed by atoms with Gasteiger partial charge < -0.3 is 4.90 Å². The number of nitrogens with zero attached hydrogens (tertiary/aromatic N) is 1. The molecule has 1 heterocycles. The van der Waals surface area contributed by atoms with Crippen LogP contribution in [0, 0.1) is 0 Å². The number of rotatable bonds is 4. The zero-order valence-corrected chi connectivity index (χ0v) is 12.9. The summed E-state index contributed by atoms with van der Waals surface area (Å²) in [5.74, 6) is 0.903. The highest BCUT2D eigenvalue weighted by Gasteiger charge is 2.29. The number of carbonyl (C=O) groups excluding carboxylic acids is 1. The van der Waals surface area contributed by atoms with Crippen LogP contribution >= 0.6 is 11.8 Å². The monoisotopic (exact) mass is 314 g/mol. The van der Waals surface area contributed by atoms with Crippen LogP contribution in [0.3, 0.4) is 0 Å². The van der Waals surface area contributed by atoms with Crippen molar-refractivity contribution in [3.05, 3.63) is 29.8 Å². The standard InChI is InChI=1S/C13H18N2O3S2/c1-2-3-12-15(8-9-19-12)13(16)10-4-6-11(7-5-10)20(14,17)18/h4-7,12H,2-3,8-9H2,1H3,(H2,14,17,18). The van der Waals surface area contributed by atoms with E-state index >= 15 is 0 Å². The van der Waals surface area contributed by atoms with Crippen LogP contribution in [0.5, 0.6) is 0 Å². The van der Waals surface area contributed by atoms with Gasteiger partial charge in [0.15, 0.2) is 0 Å². The van der Waals surface area contributed by atoms with Gasteiger partial charge >= 0.3 is 0 Å². The molecule has 1 aromatic rings. The van der Waals surface area contributed by atoms with Crippen molar-refractivity contribution in [1.29, 1.82) is 0 Å². The summed E-state index contributed by atoms with van der Waals surface area (Å²) >= 11 is 1.79. The lowest BCUT2D eigenvalue weighted by Gasteiger charge is -2.23. The minimum Gasteiger partial charge on any atom is -0.326 e. The molecule has 110 valence electrons. The molecule has 0 bridgehead atoms. The molecular weight excluding hydrogens is 296 g/mol. The lowest BCUT2D eigenvalue weighted by Crippen LogP contribution is -2.34. The second kappa shape index (κ2) is 6.15.